The maximum atomic E-state index is 11.1. The molecule has 0 atom stereocenters. The molecule has 0 spiro atoms. The van der Waals surface area contributed by atoms with E-state index in [0.717, 1.165) is 15.2 Å². The van der Waals surface area contributed by atoms with Gasteiger partial charge in [0.15, 0.2) is 0 Å². The number of carboxylic acids is 1. The predicted octanol–water partition coefficient (Wildman–Crippen LogP) is 3.31. The van der Waals surface area contributed by atoms with Crippen molar-refractivity contribution in [2.45, 2.75) is 0 Å². The number of rotatable bonds is 2. The van der Waals surface area contributed by atoms with Crippen LogP contribution in [0.5, 0.6) is 5.75 Å². The number of ether oxygens (including phenoxy) is 1. The summed E-state index contributed by atoms with van der Waals surface area (Å²) in [5, 5.41) is 10.8. The van der Waals surface area contributed by atoms with Crippen LogP contribution in [0.15, 0.2) is 34.8 Å². The molecule has 0 heterocycles. The molecule has 0 saturated heterocycles. The van der Waals surface area contributed by atoms with Crippen LogP contribution in [-0.2, 0) is 0 Å². The Bertz CT molecular complexity index is 563. The van der Waals surface area contributed by atoms with E-state index in [-0.39, 0.29) is 5.56 Å². The van der Waals surface area contributed by atoms with Gasteiger partial charge in [0.25, 0.3) is 0 Å². The molecule has 0 aliphatic heterocycles. The van der Waals surface area contributed by atoms with Gasteiger partial charge in [-0.05, 0) is 11.5 Å². The van der Waals surface area contributed by atoms with Gasteiger partial charge in [0.1, 0.15) is 11.3 Å². The van der Waals surface area contributed by atoms with Crippen LogP contribution in [0.1, 0.15) is 10.4 Å². The van der Waals surface area contributed by atoms with Gasteiger partial charge in [-0.3, -0.25) is 0 Å². The van der Waals surface area contributed by atoms with Crippen molar-refractivity contribution in [3.63, 3.8) is 0 Å². The van der Waals surface area contributed by atoms with Gasteiger partial charge in [-0.2, -0.15) is 0 Å². The van der Waals surface area contributed by atoms with Crippen LogP contribution in [0.25, 0.3) is 10.8 Å². The topological polar surface area (TPSA) is 46.5 Å². The van der Waals surface area contributed by atoms with Gasteiger partial charge in [-0.25, -0.2) is 4.79 Å². The molecular formula is C12H9BrO3. The van der Waals surface area contributed by atoms with E-state index in [1.54, 1.807) is 6.07 Å². The lowest BCUT2D eigenvalue weighted by Crippen LogP contribution is -2.01. The Labute approximate surface area is 101 Å². The van der Waals surface area contributed by atoms with Gasteiger partial charge >= 0.3 is 5.97 Å². The number of hydrogen-bond donors (Lipinski definition) is 1. The number of carboxylic acid groups (broad SMARTS) is 1. The maximum absolute atomic E-state index is 11.1. The van der Waals surface area contributed by atoms with E-state index in [9.17, 15) is 4.79 Å². The highest BCUT2D eigenvalue weighted by atomic mass is 79.9. The van der Waals surface area contributed by atoms with Crippen LogP contribution >= 0.6 is 15.9 Å². The van der Waals surface area contributed by atoms with Gasteiger partial charge in [-0.15, -0.1) is 0 Å². The van der Waals surface area contributed by atoms with Crippen molar-refractivity contribution in [2.75, 3.05) is 7.11 Å². The lowest BCUT2D eigenvalue weighted by Gasteiger charge is -2.10. The second kappa shape index (κ2) is 4.14. The normalized spacial score (nSPS) is 10.4. The number of halogens is 1. The molecule has 1 N–H and O–H groups in total. The number of hydrogen-bond acceptors (Lipinski definition) is 2. The van der Waals surface area contributed by atoms with Crippen molar-refractivity contribution in [3.8, 4) is 5.75 Å². The third-order valence-electron chi connectivity index (χ3n) is 2.38. The number of benzene rings is 2. The van der Waals surface area contributed by atoms with Crippen LogP contribution in [0, 0.1) is 0 Å². The average Bonchev–Trinajstić information content (AvgIpc) is 2.29. The molecule has 0 aliphatic carbocycles. The van der Waals surface area contributed by atoms with Crippen molar-refractivity contribution in [3.05, 3.63) is 40.4 Å². The van der Waals surface area contributed by atoms with Gasteiger partial charge < -0.3 is 9.84 Å². The summed E-state index contributed by atoms with van der Waals surface area (Å²) in [7, 11) is 1.47. The van der Waals surface area contributed by atoms with Gasteiger partial charge in [0, 0.05) is 9.86 Å². The fraction of sp³-hybridized carbons (Fsp3) is 0.0833. The van der Waals surface area contributed by atoms with Gasteiger partial charge in [0.2, 0.25) is 0 Å². The SMILES string of the molecule is COc1c(C(=O)O)cc(Br)c2ccccc12. The third kappa shape index (κ3) is 1.65. The zero-order valence-corrected chi connectivity index (χ0v) is 10.1. The zero-order chi connectivity index (χ0) is 11.7. The molecule has 0 saturated carbocycles. The number of aromatic carboxylic acids is 1. The molecule has 3 nitrogen and oxygen atoms in total. The van der Waals surface area contributed by atoms with E-state index in [1.165, 1.54) is 7.11 Å². The van der Waals surface area contributed by atoms with Crippen LogP contribution in [-0.4, -0.2) is 18.2 Å². The monoisotopic (exact) mass is 280 g/mol. The molecule has 0 bridgehead atoms. The molecule has 16 heavy (non-hydrogen) atoms. The molecule has 0 aromatic heterocycles. The molecule has 2 aromatic rings. The lowest BCUT2D eigenvalue weighted by atomic mass is 10.1. The van der Waals surface area contributed by atoms with Crippen molar-refractivity contribution < 1.29 is 14.6 Å². The zero-order valence-electron chi connectivity index (χ0n) is 8.53. The number of methoxy groups -OCH3 is 1. The highest BCUT2D eigenvalue weighted by Gasteiger charge is 2.16. The fourth-order valence-electron chi connectivity index (χ4n) is 1.68. The van der Waals surface area contributed by atoms with E-state index < -0.39 is 5.97 Å². The van der Waals surface area contributed by atoms with Gasteiger partial charge in [-0.1, -0.05) is 40.2 Å². The Kier molecular flexibility index (Phi) is 2.83. The molecule has 4 heteroatoms. The molecular weight excluding hydrogens is 272 g/mol. The van der Waals surface area contributed by atoms with E-state index in [1.807, 2.05) is 24.3 Å². The summed E-state index contributed by atoms with van der Waals surface area (Å²) >= 11 is 3.36. The highest BCUT2D eigenvalue weighted by Crippen LogP contribution is 2.35. The average molecular weight is 281 g/mol. The van der Waals surface area contributed by atoms with E-state index in [0.29, 0.717) is 5.75 Å². The van der Waals surface area contributed by atoms with Crippen LogP contribution in [0.2, 0.25) is 0 Å². The molecule has 2 aromatic carbocycles. The predicted molar refractivity (Wildman–Crippen MR) is 65.2 cm³/mol. The first-order valence-corrected chi connectivity index (χ1v) is 5.43. The quantitative estimate of drug-likeness (QED) is 0.918. The highest BCUT2D eigenvalue weighted by molar-refractivity contribution is 9.10. The smallest absolute Gasteiger partial charge is 0.339 e. The largest absolute Gasteiger partial charge is 0.495 e. The summed E-state index contributed by atoms with van der Waals surface area (Å²) in [5.74, 6) is -0.602. The minimum absolute atomic E-state index is 0.160. The third-order valence-corrected chi connectivity index (χ3v) is 3.04. The van der Waals surface area contributed by atoms with E-state index in [4.69, 9.17) is 9.84 Å². The summed E-state index contributed by atoms with van der Waals surface area (Å²) in [6.45, 7) is 0. The minimum atomic E-state index is -0.997. The molecule has 0 aliphatic rings. The first kappa shape index (κ1) is 11.0. The standard InChI is InChI=1S/C12H9BrO3/c1-16-11-8-5-3-2-4-7(8)10(13)6-9(11)12(14)15/h2-6H,1H3,(H,14,15). The second-order valence-corrected chi connectivity index (χ2v) is 4.14. The molecule has 0 fully saturated rings. The Morgan fingerprint density at radius 1 is 1.31 bits per heavy atom. The Balaban J connectivity index is 2.90. The van der Waals surface area contributed by atoms with Crippen molar-refractivity contribution in [1.82, 2.24) is 0 Å². The summed E-state index contributed by atoms with van der Waals surface area (Å²) in [4.78, 5) is 11.1. The maximum Gasteiger partial charge on any atom is 0.339 e. The summed E-state index contributed by atoms with van der Waals surface area (Å²) in [5.41, 5.74) is 0.160. The van der Waals surface area contributed by atoms with Crippen LogP contribution < -0.4 is 4.74 Å². The van der Waals surface area contributed by atoms with Crippen molar-refractivity contribution in [1.29, 1.82) is 0 Å². The fourth-order valence-corrected chi connectivity index (χ4v) is 2.26. The van der Waals surface area contributed by atoms with Crippen molar-refractivity contribution >= 4 is 32.7 Å². The summed E-state index contributed by atoms with van der Waals surface area (Å²) < 4.78 is 5.92. The van der Waals surface area contributed by atoms with Gasteiger partial charge in [0.05, 0.1) is 7.11 Å². The first-order valence-electron chi connectivity index (χ1n) is 4.63. The molecule has 2 rings (SSSR count). The molecule has 0 radical (unpaired) electrons. The lowest BCUT2D eigenvalue weighted by molar-refractivity contribution is 0.0693. The molecule has 82 valence electrons. The summed E-state index contributed by atoms with van der Waals surface area (Å²) in [6.07, 6.45) is 0. The Morgan fingerprint density at radius 2 is 1.94 bits per heavy atom. The van der Waals surface area contributed by atoms with E-state index in [2.05, 4.69) is 15.9 Å². The molecule has 0 amide bonds. The number of fused-ring (bicyclic) bond motifs is 1. The van der Waals surface area contributed by atoms with Crippen molar-refractivity contribution in [2.24, 2.45) is 0 Å². The van der Waals surface area contributed by atoms with E-state index >= 15 is 0 Å². The Morgan fingerprint density at radius 3 is 2.50 bits per heavy atom. The number of carbonyl (C=O) groups is 1. The van der Waals surface area contributed by atoms with Crippen LogP contribution in [0.4, 0.5) is 0 Å². The summed E-state index contributed by atoms with van der Waals surface area (Å²) in [6, 6.07) is 9.05. The van der Waals surface area contributed by atoms with Crippen LogP contribution in [0.3, 0.4) is 0 Å². The Hall–Kier alpha value is -1.55. The second-order valence-electron chi connectivity index (χ2n) is 3.29. The molecule has 0 unspecified atom stereocenters. The minimum Gasteiger partial charge on any atom is -0.495 e. The first-order chi connectivity index (χ1) is 7.65.